The molecule has 1 aliphatic rings. The van der Waals surface area contributed by atoms with E-state index in [4.69, 9.17) is 4.99 Å². The molecule has 8 aromatic rings. The Labute approximate surface area is 273 Å². The van der Waals surface area contributed by atoms with Gasteiger partial charge in [0.2, 0.25) is 0 Å². The second-order valence-corrected chi connectivity index (χ2v) is 12.6. The zero-order chi connectivity index (χ0) is 31.5. The maximum Gasteiger partial charge on any atom is 0.168 e. The Morgan fingerprint density at radius 2 is 0.979 bits per heavy atom. The molecule has 1 aliphatic heterocycles. The van der Waals surface area contributed by atoms with E-state index in [0.29, 0.717) is 0 Å². The molecule has 0 amide bonds. The van der Waals surface area contributed by atoms with E-state index in [9.17, 15) is 0 Å². The van der Waals surface area contributed by atoms with Gasteiger partial charge in [-0.2, -0.15) is 0 Å². The number of aromatic nitrogens is 4. The number of hydrogen-bond donors (Lipinski definition) is 0. The van der Waals surface area contributed by atoms with Gasteiger partial charge in [-0.15, -0.1) is 10.2 Å². The van der Waals surface area contributed by atoms with Crippen LogP contribution in [-0.2, 0) is 5.41 Å². The van der Waals surface area contributed by atoms with E-state index >= 15 is 0 Å². The van der Waals surface area contributed by atoms with Crippen molar-refractivity contribution in [2.75, 3.05) is 0 Å². The van der Waals surface area contributed by atoms with Crippen LogP contribution in [0.15, 0.2) is 157 Å². The molecule has 0 spiro atoms. The van der Waals surface area contributed by atoms with Crippen molar-refractivity contribution in [3.05, 3.63) is 163 Å². The number of hydrogen-bond acceptors (Lipinski definition) is 3. The van der Waals surface area contributed by atoms with Crippen LogP contribution in [0.4, 0.5) is 5.69 Å². The van der Waals surface area contributed by atoms with Crippen molar-refractivity contribution in [1.29, 1.82) is 0 Å². The molecule has 0 saturated heterocycles. The minimum absolute atomic E-state index is 0.230. The molecule has 224 valence electrons. The van der Waals surface area contributed by atoms with E-state index in [2.05, 4.69) is 148 Å². The van der Waals surface area contributed by atoms with Crippen LogP contribution in [0.2, 0.25) is 0 Å². The second-order valence-electron chi connectivity index (χ2n) is 12.6. The van der Waals surface area contributed by atoms with E-state index in [-0.39, 0.29) is 5.41 Å². The van der Waals surface area contributed by atoms with Gasteiger partial charge in [-0.3, -0.25) is 9.56 Å². The molecule has 0 atom stereocenters. The second kappa shape index (κ2) is 10.5. The normalized spacial score (nSPS) is 13.6. The number of fused-ring (bicyclic) bond motifs is 4. The topological polar surface area (TPSA) is 48.0 Å². The highest BCUT2D eigenvalue weighted by molar-refractivity contribution is 6.16. The van der Waals surface area contributed by atoms with E-state index in [0.717, 1.165) is 45.5 Å². The lowest BCUT2D eigenvalue weighted by Crippen LogP contribution is -2.26. The molecule has 2 aromatic heterocycles. The quantitative estimate of drug-likeness (QED) is 0.196. The molecule has 0 unspecified atom stereocenters. The first kappa shape index (κ1) is 27.3. The third-order valence-corrected chi connectivity index (χ3v) is 9.43. The average Bonchev–Trinajstić information content (AvgIpc) is 3.79. The van der Waals surface area contributed by atoms with Crippen LogP contribution in [0.3, 0.4) is 0 Å². The predicted octanol–water partition coefficient (Wildman–Crippen LogP) is 10.1. The molecular weight excluding hydrogens is 574 g/mol. The van der Waals surface area contributed by atoms with Crippen LogP contribution in [0.5, 0.6) is 0 Å². The van der Waals surface area contributed by atoms with Gasteiger partial charge < -0.3 is 4.57 Å². The minimum Gasteiger partial charge on any atom is -0.309 e. The Bertz CT molecular complexity index is 2390. The lowest BCUT2D eigenvalue weighted by molar-refractivity contribution is 0.738. The largest absolute Gasteiger partial charge is 0.309 e. The molecule has 0 saturated carbocycles. The summed E-state index contributed by atoms with van der Waals surface area (Å²) < 4.78 is 4.53. The molecule has 6 aromatic carbocycles. The maximum absolute atomic E-state index is 5.21. The van der Waals surface area contributed by atoms with Gasteiger partial charge in [0.25, 0.3) is 0 Å². The molecule has 3 heterocycles. The molecule has 47 heavy (non-hydrogen) atoms. The number of benzene rings is 6. The summed E-state index contributed by atoms with van der Waals surface area (Å²) in [5.41, 5.74) is 10.8. The lowest BCUT2D eigenvalue weighted by atomic mass is 9.79. The smallest absolute Gasteiger partial charge is 0.168 e. The first-order chi connectivity index (χ1) is 23.1. The van der Waals surface area contributed by atoms with Crippen molar-refractivity contribution in [2.45, 2.75) is 19.3 Å². The zero-order valence-corrected chi connectivity index (χ0v) is 26.2. The van der Waals surface area contributed by atoms with E-state index in [1.54, 1.807) is 0 Å². The number of para-hydroxylation sites is 1. The van der Waals surface area contributed by atoms with Crippen molar-refractivity contribution in [3.8, 4) is 34.2 Å². The molecule has 0 fully saturated rings. The molecule has 5 nitrogen and oxygen atoms in total. The standard InChI is InChI=1S/C42H31N5/c1-42(2)35-27-38-34(26-36(35)43-39(42)28-14-6-3-7-15-28)33-20-12-13-21-37(33)46(38)31-22-24-32(25-23-31)47-40(29-16-8-4-9-17-29)44-45-41(47)30-18-10-5-11-19-30/h3-27H,1-2H3. The summed E-state index contributed by atoms with van der Waals surface area (Å²) in [4.78, 5) is 5.21. The van der Waals surface area contributed by atoms with E-state index < -0.39 is 0 Å². The highest BCUT2D eigenvalue weighted by Gasteiger charge is 2.36. The fourth-order valence-corrected chi connectivity index (χ4v) is 7.11. The van der Waals surface area contributed by atoms with Crippen molar-refractivity contribution in [2.24, 2.45) is 4.99 Å². The average molecular weight is 606 g/mol. The van der Waals surface area contributed by atoms with Crippen LogP contribution >= 0.6 is 0 Å². The predicted molar refractivity (Wildman–Crippen MR) is 192 cm³/mol. The Balaban J connectivity index is 1.20. The minimum atomic E-state index is -0.230. The van der Waals surface area contributed by atoms with E-state index in [1.807, 2.05) is 36.4 Å². The molecular formula is C42H31N5. The Morgan fingerprint density at radius 1 is 0.468 bits per heavy atom. The van der Waals surface area contributed by atoms with Gasteiger partial charge in [-0.1, -0.05) is 123 Å². The van der Waals surface area contributed by atoms with E-state index in [1.165, 1.54) is 32.9 Å². The zero-order valence-electron chi connectivity index (χ0n) is 26.2. The fourth-order valence-electron chi connectivity index (χ4n) is 7.11. The van der Waals surface area contributed by atoms with Crippen LogP contribution in [0.25, 0.3) is 56.0 Å². The summed E-state index contributed by atoms with van der Waals surface area (Å²) >= 11 is 0. The molecule has 0 bridgehead atoms. The lowest BCUT2D eigenvalue weighted by Gasteiger charge is -2.23. The summed E-state index contributed by atoms with van der Waals surface area (Å²) in [7, 11) is 0. The van der Waals surface area contributed by atoms with Gasteiger partial charge >= 0.3 is 0 Å². The number of nitrogens with zero attached hydrogens (tertiary/aromatic N) is 5. The SMILES string of the molecule is CC1(C)C(c2ccccc2)=Nc2cc3c4ccccc4n(-c4ccc(-n5c(-c6ccccc6)nnc5-c5ccccc5)cc4)c3cc21. The summed E-state index contributed by atoms with van der Waals surface area (Å²) in [6, 6.07) is 53.1. The Kier molecular flexibility index (Phi) is 6.09. The van der Waals surface area contributed by atoms with Gasteiger partial charge in [-0.05, 0) is 53.6 Å². The summed E-state index contributed by atoms with van der Waals surface area (Å²) in [6.07, 6.45) is 0. The van der Waals surface area contributed by atoms with Crippen molar-refractivity contribution in [1.82, 2.24) is 19.3 Å². The molecule has 9 rings (SSSR count). The number of rotatable bonds is 5. The third-order valence-electron chi connectivity index (χ3n) is 9.43. The van der Waals surface area contributed by atoms with Gasteiger partial charge in [0.15, 0.2) is 11.6 Å². The Hall–Kier alpha value is -6.07. The van der Waals surface area contributed by atoms with Crippen LogP contribution in [0, 0.1) is 0 Å². The van der Waals surface area contributed by atoms with Crippen molar-refractivity contribution >= 4 is 33.2 Å². The summed E-state index contributed by atoms with van der Waals surface area (Å²) in [5.74, 6) is 1.61. The summed E-state index contributed by atoms with van der Waals surface area (Å²) in [6.45, 7) is 4.57. The van der Waals surface area contributed by atoms with Crippen molar-refractivity contribution in [3.63, 3.8) is 0 Å². The van der Waals surface area contributed by atoms with Gasteiger partial charge in [0, 0.05) is 38.7 Å². The first-order valence-electron chi connectivity index (χ1n) is 16.0. The molecule has 0 radical (unpaired) electrons. The molecule has 0 N–H and O–H groups in total. The monoisotopic (exact) mass is 605 g/mol. The van der Waals surface area contributed by atoms with Crippen LogP contribution in [-0.4, -0.2) is 25.0 Å². The molecule has 5 heteroatoms. The summed E-state index contributed by atoms with van der Waals surface area (Å²) in [5, 5.41) is 11.7. The third kappa shape index (κ3) is 4.27. The maximum atomic E-state index is 5.21. The fraction of sp³-hybridized carbons (Fsp3) is 0.0714. The van der Waals surface area contributed by atoms with Gasteiger partial charge in [-0.25, -0.2) is 0 Å². The molecule has 0 aliphatic carbocycles. The first-order valence-corrected chi connectivity index (χ1v) is 16.0. The van der Waals surface area contributed by atoms with Crippen LogP contribution < -0.4 is 0 Å². The highest BCUT2D eigenvalue weighted by Crippen LogP contribution is 2.46. The Morgan fingerprint density at radius 3 is 1.57 bits per heavy atom. The van der Waals surface area contributed by atoms with Crippen LogP contribution in [0.1, 0.15) is 25.0 Å². The van der Waals surface area contributed by atoms with Gasteiger partial charge in [0.05, 0.1) is 22.4 Å². The van der Waals surface area contributed by atoms with Gasteiger partial charge in [0.1, 0.15) is 0 Å². The number of aliphatic imine (C=N–C) groups is 1. The highest BCUT2D eigenvalue weighted by atomic mass is 15.3. The van der Waals surface area contributed by atoms with Crippen molar-refractivity contribution < 1.29 is 0 Å².